The minimum Gasteiger partial charge on any atom is -0.493 e. The van der Waals surface area contributed by atoms with Crippen molar-refractivity contribution in [3.63, 3.8) is 0 Å². The highest BCUT2D eigenvalue weighted by Crippen LogP contribution is 2.38. The maximum absolute atomic E-state index is 5.65. The second kappa shape index (κ2) is 13.9. The molecule has 0 spiro atoms. The number of hydrogen-bond donors (Lipinski definition) is 2. The van der Waals surface area contributed by atoms with E-state index in [4.69, 9.17) is 14.2 Å². The summed E-state index contributed by atoms with van der Waals surface area (Å²) in [6.45, 7) is 6.64. The molecule has 0 atom stereocenters. The average Bonchev–Trinajstić information content (AvgIpc) is 2.73. The lowest BCUT2D eigenvalue weighted by Gasteiger charge is -2.15. The van der Waals surface area contributed by atoms with E-state index in [0.717, 1.165) is 31.0 Å². The first-order valence-electron chi connectivity index (χ1n) is 9.65. The van der Waals surface area contributed by atoms with E-state index >= 15 is 0 Å². The van der Waals surface area contributed by atoms with Gasteiger partial charge in [0.05, 0.1) is 27.4 Å². The van der Waals surface area contributed by atoms with Crippen molar-refractivity contribution in [1.29, 1.82) is 0 Å². The zero-order valence-electron chi connectivity index (χ0n) is 17.7. The van der Waals surface area contributed by atoms with E-state index in [-0.39, 0.29) is 24.0 Å². The molecule has 6 nitrogen and oxygen atoms in total. The summed E-state index contributed by atoms with van der Waals surface area (Å²) in [4.78, 5) is 4.68. The summed E-state index contributed by atoms with van der Waals surface area (Å²) in [6, 6.07) is 14.3. The Morgan fingerprint density at radius 2 is 1.59 bits per heavy atom. The molecule has 29 heavy (non-hydrogen) atoms. The molecule has 0 fully saturated rings. The molecule has 0 aliphatic heterocycles. The van der Waals surface area contributed by atoms with Gasteiger partial charge in [-0.2, -0.15) is 0 Å². The van der Waals surface area contributed by atoms with Crippen LogP contribution in [0, 0.1) is 0 Å². The lowest BCUT2D eigenvalue weighted by molar-refractivity contribution is 0.288. The van der Waals surface area contributed by atoms with Gasteiger partial charge in [0.1, 0.15) is 0 Å². The molecular formula is C22H32IN3O3. The highest BCUT2D eigenvalue weighted by atomic mass is 127. The van der Waals surface area contributed by atoms with Gasteiger partial charge in [-0.15, -0.1) is 24.0 Å². The number of nitrogens with one attached hydrogen (secondary N) is 2. The fraction of sp³-hybridized carbons (Fsp3) is 0.409. The number of benzene rings is 2. The summed E-state index contributed by atoms with van der Waals surface area (Å²) in [5.41, 5.74) is 2.28. The van der Waals surface area contributed by atoms with Crippen LogP contribution in [0.25, 0.3) is 0 Å². The van der Waals surface area contributed by atoms with Crippen molar-refractivity contribution in [3.8, 4) is 17.2 Å². The quantitative estimate of drug-likeness (QED) is 0.286. The van der Waals surface area contributed by atoms with Gasteiger partial charge in [-0.1, -0.05) is 30.3 Å². The highest BCUT2D eigenvalue weighted by Gasteiger charge is 2.13. The molecule has 0 radical (unpaired) electrons. The zero-order valence-corrected chi connectivity index (χ0v) is 20.0. The predicted octanol–water partition coefficient (Wildman–Crippen LogP) is 4.02. The molecule has 0 bridgehead atoms. The van der Waals surface area contributed by atoms with Gasteiger partial charge in [-0.05, 0) is 43.5 Å². The lowest BCUT2D eigenvalue weighted by Crippen LogP contribution is -2.38. The zero-order chi connectivity index (χ0) is 20.2. The number of rotatable bonds is 10. The first-order chi connectivity index (χ1) is 13.7. The van der Waals surface area contributed by atoms with E-state index in [2.05, 4.69) is 46.8 Å². The number of ether oxygens (including phenoxy) is 3. The Labute approximate surface area is 191 Å². The van der Waals surface area contributed by atoms with Crippen LogP contribution in [-0.2, 0) is 13.0 Å². The maximum Gasteiger partial charge on any atom is 0.203 e. The Hall–Kier alpha value is -2.16. The molecule has 0 aromatic heterocycles. The SMILES string of the molecule is CCNC(=NCc1cc(OC)c(OCC)c(OC)c1)NCCc1ccccc1.I. The summed E-state index contributed by atoms with van der Waals surface area (Å²) < 4.78 is 16.6. The largest absolute Gasteiger partial charge is 0.493 e. The van der Waals surface area contributed by atoms with E-state index in [0.29, 0.717) is 30.4 Å². The molecule has 0 saturated heterocycles. The molecule has 160 valence electrons. The summed E-state index contributed by atoms with van der Waals surface area (Å²) >= 11 is 0. The summed E-state index contributed by atoms with van der Waals surface area (Å²) in [6.07, 6.45) is 0.940. The Kier molecular flexibility index (Phi) is 11.9. The third-order valence-corrected chi connectivity index (χ3v) is 4.12. The van der Waals surface area contributed by atoms with Crippen LogP contribution in [0.1, 0.15) is 25.0 Å². The number of hydrogen-bond acceptors (Lipinski definition) is 4. The standard InChI is InChI=1S/C22H31N3O3.HI/c1-5-23-22(24-13-12-17-10-8-7-9-11-17)25-16-18-14-19(26-3)21(28-6-2)20(15-18)27-4;/h7-11,14-15H,5-6,12-13,16H2,1-4H3,(H2,23,24,25);1H. The second-order valence-corrected chi connectivity index (χ2v) is 6.12. The van der Waals surface area contributed by atoms with Crippen molar-refractivity contribution >= 4 is 29.9 Å². The number of aliphatic imine (C=N–C) groups is 1. The second-order valence-electron chi connectivity index (χ2n) is 6.12. The van der Waals surface area contributed by atoms with Crippen LogP contribution in [-0.4, -0.2) is 39.9 Å². The molecule has 2 aromatic carbocycles. The van der Waals surface area contributed by atoms with E-state index in [1.807, 2.05) is 25.1 Å². The van der Waals surface area contributed by atoms with Gasteiger partial charge in [0.25, 0.3) is 0 Å². The molecule has 2 N–H and O–H groups in total. The van der Waals surface area contributed by atoms with Crippen LogP contribution in [0.15, 0.2) is 47.5 Å². The Bertz CT molecular complexity index is 729. The Morgan fingerprint density at radius 3 is 2.14 bits per heavy atom. The molecule has 0 aliphatic carbocycles. The van der Waals surface area contributed by atoms with Gasteiger partial charge in [0, 0.05) is 13.1 Å². The molecule has 2 rings (SSSR count). The van der Waals surface area contributed by atoms with Gasteiger partial charge in [0.2, 0.25) is 5.75 Å². The fourth-order valence-corrected chi connectivity index (χ4v) is 2.79. The molecule has 0 heterocycles. The minimum atomic E-state index is 0. The first kappa shape index (κ1) is 24.9. The molecule has 0 amide bonds. The normalized spacial score (nSPS) is 10.7. The molecule has 0 saturated carbocycles. The van der Waals surface area contributed by atoms with E-state index in [1.54, 1.807) is 14.2 Å². The van der Waals surface area contributed by atoms with Gasteiger partial charge in [-0.25, -0.2) is 4.99 Å². The van der Waals surface area contributed by atoms with Crippen molar-refractivity contribution in [2.75, 3.05) is 33.9 Å². The number of methoxy groups -OCH3 is 2. The molecule has 0 unspecified atom stereocenters. The molecule has 0 aliphatic rings. The van der Waals surface area contributed by atoms with E-state index in [1.165, 1.54) is 5.56 Å². The van der Waals surface area contributed by atoms with E-state index in [9.17, 15) is 0 Å². The Balaban J connectivity index is 0.00000420. The molecular weight excluding hydrogens is 481 g/mol. The van der Waals surface area contributed by atoms with Crippen molar-refractivity contribution < 1.29 is 14.2 Å². The van der Waals surface area contributed by atoms with Gasteiger partial charge in [0.15, 0.2) is 17.5 Å². The van der Waals surface area contributed by atoms with E-state index < -0.39 is 0 Å². The van der Waals surface area contributed by atoms with Gasteiger partial charge >= 0.3 is 0 Å². The Morgan fingerprint density at radius 1 is 0.931 bits per heavy atom. The van der Waals surface area contributed by atoms with Crippen LogP contribution in [0.3, 0.4) is 0 Å². The summed E-state index contributed by atoms with van der Waals surface area (Å²) in [5.74, 6) is 2.69. The van der Waals surface area contributed by atoms with Crippen LogP contribution in [0.5, 0.6) is 17.2 Å². The van der Waals surface area contributed by atoms with Crippen LogP contribution < -0.4 is 24.8 Å². The van der Waals surface area contributed by atoms with Crippen molar-refractivity contribution in [2.24, 2.45) is 4.99 Å². The van der Waals surface area contributed by atoms with Crippen LogP contribution >= 0.6 is 24.0 Å². The van der Waals surface area contributed by atoms with Crippen LogP contribution in [0.4, 0.5) is 0 Å². The topological polar surface area (TPSA) is 64.1 Å². The summed E-state index contributed by atoms with van der Waals surface area (Å²) in [7, 11) is 3.25. The maximum atomic E-state index is 5.65. The van der Waals surface area contributed by atoms with Crippen molar-refractivity contribution in [1.82, 2.24) is 10.6 Å². The van der Waals surface area contributed by atoms with Crippen molar-refractivity contribution in [2.45, 2.75) is 26.8 Å². The number of guanidine groups is 1. The highest BCUT2D eigenvalue weighted by molar-refractivity contribution is 14.0. The first-order valence-corrected chi connectivity index (χ1v) is 9.65. The predicted molar refractivity (Wildman–Crippen MR) is 129 cm³/mol. The number of halogens is 1. The third kappa shape index (κ3) is 8.00. The smallest absolute Gasteiger partial charge is 0.203 e. The summed E-state index contributed by atoms with van der Waals surface area (Å²) in [5, 5.41) is 6.66. The molecule has 7 heteroatoms. The fourth-order valence-electron chi connectivity index (χ4n) is 2.79. The van der Waals surface area contributed by atoms with Gasteiger partial charge < -0.3 is 24.8 Å². The third-order valence-electron chi connectivity index (χ3n) is 4.12. The monoisotopic (exact) mass is 513 g/mol. The minimum absolute atomic E-state index is 0. The van der Waals surface area contributed by atoms with Crippen LogP contribution in [0.2, 0.25) is 0 Å². The van der Waals surface area contributed by atoms with Gasteiger partial charge in [-0.3, -0.25) is 0 Å². The number of nitrogens with zero attached hydrogens (tertiary/aromatic N) is 1. The average molecular weight is 513 g/mol. The molecule has 2 aromatic rings. The lowest BCUT2D eigenvalue weighted by atomic mass is 10.1. The van der Waals surface area contributed by atoms with Crippen molar-refractivity contribution in [3.05, 3.63) is 53.6 Å².